The third kappa shape index (κ3) is 12.9. The molecule has 0 aliphatic heterocycles. The monoisotopic (exact) mass is 297 g/mol. The summed E-state index contributed by atoms with van der Waals surface area (Å²) >= 11 is 0. The molecule has 0 bridgehead atoms. The van der Waals surface area contributed by atoms with Gasteiger partial charge in [-0.15, -0.1) is 0 Å². The summed E-state index contributed by atoms with van der Waals surface area (Å²) in [6.45, 7) is 12.8. The first kappa shape index (κ1) is 20.5. The Morgan fingerprint density at radius 1 is 0.762 bits per heavy atom. The molecule has 0 aromatic rings. The lowest BCUT2D eigenvalue weighted by molar-refractivity contribution is -0.132. The highest BCUT2D eigenvalue weighted by molar-refractivity contribution is 5.76. The van der Waals surface area contributed by atoms with Crippen molar-refractivity contribution in [1.29, 1.82) is 0 Å². The number of unbranched alkanes of at least 4 members (excludes halogenated alkanes) is 7. The molecule has 0 aliphatic rings. The van der Waals surface area contributed by atoms with E-state index in [-0.39, 0.29) is 0 Å². The molecule has 21 heavy (non-hydrogen) atoms. The molecule has 2 nitrogen and oxygen atoms in total. The predicted molar refractivity (Wildman–Crippen MR) is 93.5 cm³/mol. The van der Waals surface area contributed by atoms with Gasteiger partial charge in [0, 0.05) is 19.5 Å². The zero-order chi connectivity index (χ0) is 16.1. The van der Waals surface area contributed by atoms with Gasteiger partial charge in [0.15, 0.2) is 0 Å². The third-order valence-electron chi connectivity index (χ3n) is 3.77. The summed E-state index contributed by atoms with van der Waals surface area (Å²) in [6.07, 6.45) is 11.1. The van der Waals surface area contributed by atoms with Gasteiger partial charge in [-0.05, 0) is 18.3 Å². The fraction of sp³-hybridized carbons (Fsp3) is 0.947. The minimum absolute atomic E-state index is 0.364. The molecule has 2 heteroatoms. The Hall–Kier alpha value is -0.530. The number of nitrogens with zero attached hydrogens (tertiary/aromatic N) is 1. The molecule has 0 spiro atoms. The van der Waals surface area contributed by atoms with Crippen LogP contribution >= 0.6 is 0 Å². The van der Waals surface area contributed by atoms with E-state index in [4.69, 9.17) is 0 Å². The van der Waals surface area contributed by atoms with E-state index in [9.17, 15) is 4.79 Å². The van der Waals surface area contributed by atoms with E-state index in [0.717, 1.165) is 25.9 Å². The standard InChI is InChI=1S/C19H39NO/c1-6-7-8-9-10-11-12-13-14-19(21)20(15-17(2)3)16-18(4)5/h17-18H,6-16H2,1-5H3. The van der Waals surface area contributed by atoms with E-state index in [1.54, 1.807) is 0 Å². The van der Waals surface area contributed by atoms with Gasteiger partial charge in [-0.2, -0.15) is 0 Å². The Kier molecular flexibility index (Phi) is 12.8. The maximum atomic E-state index is 12.3. The van der Waals surface area contributed by atoms with Gasteiger partial charge in [0.05, 0.1) is 0 Å². The van der Waals surface area contributed by atoms with E-state index in [2.05, 4.69) is 39.5 Å². The summed E-state index contributed by atoms with van der Waals surface area (Å²) in [7, 11) is 0. The Balaban J connectivity index is 3.77. The topological polar surface area (TPSA) is 20.3 Å². The molecule has 0 aromatic carbocycles. The van der Waals surface area contributed by atoms with Crippen LogP contribution in [-0.4, -0.2) is 23.9 Å². The van der Waals surface area contributed by atoms with Crippen molar-refractivity contribution >= 4 is 5.91 Å². The lowest BCUT2D eigenvalue weighted by Crippen LogP contribution is -2.36. The largest absolute Gasteiger partial charge is 0.342 e. The van der Waals surface area contributed by atoms with E-state index >= 15 is 0 Å². The van der Waals surface area contributed by atoms with Gasteiger partial charge in [0.2, 0.25) is 5.91 Å². The Bertz CT molecular complexity index is 238. The van der Waals surface area contributed by atoms with Crippen molar-refractivity contribution < 1.29 is 4.79 Å². The van der Waals surface area contributed by atoms with Crippen LogP contribution in [0.15, 0.2) is 0 Å². The van der Waals surface area contributed by atoms with Crippen LogP contribution in [0.4, 0.5) is 0 Å². The van der Waals surface area contributed by atoms with E-state index in [1.165, 1.54) is 44.9 Å². The van der Waals surface area contributed by atoms with Crippen molar-refractivity contribution in [2.45, 2.75) is 92.4 Å². The summed E-state index contributed by atoms with van der Waals surface area (Å²) in [6, 6.07) is 0. The van der Waals surface area contributed by atoms with Crippen LogP contribution in [0.25, 0.3) is 0 Å². The summed E-state index contributed by atoms with van der Waals surface area (Å²) in [5.74, 6) is 1.49. The molecule has 0 rings (SSSR count). The van der Waals surface area contributed by atoms with Crippen LogP contribution in [0, 0.1) is 11.8 Å². The molecule has 0 saturated heterocycles. The first-order valence-corrected chi connectivity index (χ1v) is 9.25. The maximum Gasteiger partial charge on any atom is 0.222 e. The first-order chi connectivity index (χ1) is 9.97. The fourth-order valence-electron chi connectivity index (χ4n) is 2.73. The Morgan fingerprint density at radius 2 is 1.19 bits per heavy atom. The predicted octanol–water partition coefficient (Wildman–Crippen LogP) is 5.66. The third-order valence-corrected chi connectivity index (χ3v) is 3.77. The molecular weight excluding hydrogens is 258 g/mol. The molecule has 126 valence electrons. The second-order valence-corrected chi connectivity index (χ2v) is 7.31. The van der Waals surface area contributed by atoms with Gasteiger partial charge >= 0.3 is 0 Å². The normalized spacial score (nSPS) is 11.4. The van der Waals surface area contributed by atoms with Gasteiger partial charge in [-0.25, -0.2) is 0 Å². The highest BCUT2D eigenvalue weighted by Gasteiger charge is 2.15. The smallest absolute Gasteiger partial charge is 0.222 e. The van der Waals surface area contributed by atoms with Crippen molar-refractivity contribution in [1.82, 2.24) is 4.90 Å². The van der Waals surface area contributed by atoms with Gasteiger partial charge in [0.1, 0.15) is 0 Å². The van der Waals surface area contributed by atoms with Crippen molar-refractivity contribution in [2.75, 3.05) is 13.1 Å². The average Bonchev–Trinajstić information content (AvgIpc) is 2.39. The molecule has 0 aromatic heterocycles. The number of rotatable bonds is 13. The molecule has 0 unspecified atom stereocenters. The number of amides is 1. The SMILES string of the molecule is CCCCCCCCCCC(=O)N(CC(C)C)CC(C)C. The van der Waals surface area contributed by atoms with Crippen LogP contribution in [0.1, 0.15) is 92.4 Å². The Morgan fingerprint density at radius 3 is 1.62 bits per heavy atom. The summed E-state index contributed by atoms with van der Waals surface area (Å²) in [4.78, 5) is 14.4. The highest BCUT2D eigenvalue weighted by Crippen LogP contribution is 2.12. The molecule has 0 fully saturated rings. The maximum absolute atomic E-state index is 12.3. The molecule has 0 aliphatic carbocycles. The van der Waals surface area contributed by atoms with Crippen LogP contribution in [-0.2, 0) is 4.79 Å². The summed E-state index contributed by atoms with van der Waals surface area (Å²) in [5, 5.41) is 0. The number of hydrogen-bond acceptors (Lipinski definition) is 1. The highest BCUT2D eigenvalue weighted by atomic mass is 16.2. The number of hydrogen-bond donors (Lipinski definition) is 0. The van der Waals surface area contributed by atoms with Crippen molar-refractivity contribution in [3.05, 3.63) is 0 Å². The second kappa shape index (κ2) is 13.2. The van der Waals surface area contributed by atoms with E-state index in [1.807, 2.05) is 0 Å². The second-order valence-electron chi connectivity index (χ2n) is 7.31. The van der Waals surface area contributed by atoms with Crippen molar-refractivity contribution in [3.8, 4) is 0 Å². The van der Waals surface area contributed by atoms with Crippen molar-refractivity contribution in [2.24, 2.45) is 11.8 Å². The molecule has 0 radical (unpaired) electrons. The fourth-order valence-corrected chi connectivity index (χ4v) is 2.73. The molecule has 0 heterocycles. The minimum atomic E-state index is 0.364. The van der Waals surface area contributed by atoms with E-state index in [0.29, 0.717) is 17.7 Å². The molecule has 0 atom stereocenters. The number of carbonyl (C=O) groups excluding carboxylic acids is 1. The zero-order valence-corrected chi connectivity index (χ0v) is 15.3. The van der Waals surface area contributed by atoms with Gasteiger partial charge in [-0.3, -0.25) is 4.79 Å². The zero-order valence-electron chi connectivity index (χ0n) is 15.3. The molecule has 1 amide bonds. The van der Waals surface area contributed by atoms with Crippen molar-refractivity contribution in [3.63, 3.8) is 0 Å². The van der Waals surface area contributed by atoms with Gasteiger partial charge in [0.25, 0.3) is 0 Å². The molecular formula is C19H39NO. The van der Waals surface area contributed by atoms with Gasteiger partial charge < -0.3 is 4.90 Å². The van der Waals surface area contributed by atoms with Crippen LogP contribution in [0.2, 0.25) is 0 Å². The van der Waals surface area contributed by atoms with Crippen LogP contribution in [0.3, 0.4) is 0 Å². The van der Waals surface area contributed by atoms with Crippen LogP contribution < -0.4 is 0 Å². The van der Waals surface area contributed by atoms with Crippen LogP contribution in [0.5, 0.6) is 0 Å². The lowest BCUT2D eigenvalue weighted by atomic mass is 10.1. The first-order valence-electron chi connectivity index (χ1n) is 9.25. The molecule has 0 saturated carbocycles. The Labute approximate surface area is 133 Å². The summed E-state index contributed by atoms with van der Waals surface area (Å²) < 4.78 is 0. The minimum Gasteiger partial charge on any atom is -0.342 e. The lowest BCUT2D eigenvalue weighted by Gasteiger charge is -2.26. The number of carbonyl (C=O) groups is 1. The van der Waals surface area contributed by atoms with E-state index < -0.39 is 0 Å². The van der Waals surface area contributed by atoms with Gasteiger partial charge in [-0.1, -0.05) is 79.6 Å². The average molecular weight is 298 g/mol. The quantitative estimate of drug-likeness (QED) is 0.402. The molecule has 0 N–H and O–H groups in total. The summed E-state index contributed by atoms with van der Waals surface area (Å²) in [5.41, 5.74) is 0.